The van der Waals surface area contributed by atoms with Crippen LogP contribution < -0.4 is 11.1 Å². The van der Waals surface area contributed by atoms with Crippen molar-refractivity contribution >= 4 is 5.91 Å². The number of carbonyl (C=O) groups excluding carboxylic acids is 1. The van der Waals surface area contributed by atoms with Crippen molar-refractivity contribution in [2.45, 2.75) is 39.8 Å². The van der Waals surface area contributed by atoms with E-state index in [1.165, 1.54) is 0 Å². The van der Waals surface area contributed by atoms with E-state index >= 15 is 0 Å². The van der Waals surface area contributed by atoms with Crippen LogP contribution in [0.25, 0.3) is 0 Å². The van der Waals surface area contributed by atoms with Crippen LogP contribution in [0.5, 0.6) is 0 Å². The van der Waals surface area contributed by atoms with Crippen LogP contribution in [0, 0.1) is 5.92 Å². The van der Waals surface area contributed by atoms with Gasteiger partial charge in [-0.2, -0.15) is 0 Å². The van der Waals surface area contributed by atoms with E-state index in [-0.39, 0.29) is 18.0 Å². The molecule has 0 rings (SSSR count). The standard InChI is InChI=1S/C11H25N3O/c1-8(2)13-11(15)10(4)14(5)7-9(3)6-12/h8-10H,6-7,12H2,1-5H3,(H,13,15). The molecule has 1 amide bonds. The predicted molar refractivity (Wildman–Crippen MR) is 63.6 cm³/mol. The third-order valence-electron chi connectivity index (χ3n) is 2.47. The maximum Gasteiger partial charge on any atom is 0.237 e. The van der Waals surface area contributed by atoms with Crippen molar-refractivity contribution in [3.63, 3.8) is 0 Å². The number of nitrogens with two attached hydrogens (primary N) is 1. The zero-order valence-corrected chi connectivity index (χ0v) is 10.6. The minimum Gasteiger partial charge on any atom is -0.353 e. The Hall–Kier alpha value is -0.610. The van der Waals surface area contributed by atoms with Gasteiger partial charge in [0.15, 0.2) is 0 Å². The highest BCUT2D eigenvalue weighted by Crippen LogP contribution is 2.01. The lowest BCUT2D eigenvalue weighted by Crippen LogP contribution is -2.47. The van der Waals surface area contributed by atoms with Crippen molar-refractivity contribution in [3.05, 3.63) is 0 Å². The van der Waals surface area contributed by atoms with Crippen LogP contribution in [-0.2, 0) is 4.79 Å². The Kier molecular flexibility index (Phi) is 6.52. The summed E-state index contributed by atoms with van der Waals surface area (Å²) in [6, 6.07) is 0.0988. The minimum absolute atomic E-state index is 0.0803. The molecule has 0 spiro atoms. The van der Waals surface area contributed by atoms with E-state index in [2.05, 4.69) is 12.2 Å². The second kappa shape index (κ2) is 6.80. The van der Waals surface area contributed by atoms with Crippen molar-refractivity contribution in [2.24, 2.45) is 11.7 Å². The molecule has 0 aromatic carbocycles. The molecule has 4 heteroatoms. The Morgan fingerprint density at radius 2 is 1.87 bits per heavy atom. The Bertz CT molecular complexity index is 194. The SMILES string of the molecule is CC(CN)CN(C)C(C)C(=O)NC(C)C. The fourth-order valence-corrected chi connectivity index (χ4v) is 1.33. The summed E-state index contributed by atoms with van der Waals surface area (Å²) in [4.78, 5) is 13.7. The molecule has 0 aromatic heterocycles. The quantitative estimate of drug-likeness (QED) is 0.675. The highest BCUT2D eigenvalue weighted by atomic mass is 16.2. The highest BCUT2D eigenvalue weighted by molar-refractivity contribution is 5.81. The number of nitrogens with zero attached hydrogens (tertiary/aromatic N) is 1. The number of carbonyl (C=O) groups is 1. The fourth-order valence-electron chi connectivity index (χ4n) is 1.33. The smallest absolute Gasteiger partial charge is 0.237 e. The van der Waals surface area contributed by atoms with Gasteiger partial charge in [0, 0.05) is 12.6 Å². The third-order valence-corrected chi connectivity index (χ3v) is 2.47. The molecule has 0 saturated carbocycles. The molecule has 0 fully saturated rings. The summed E-state index contributed by atoms with van der Waals surface area (Å²) in [6.45, 7) is 9.44. The zero-order chi connectivity index (χ0) is 12.0. The fraction of sp³-hybridized carbons (Fsp3) is 0.909. The Labute approximate surface area is 93.2 Å². The maximum absolute atomic E-state index is 11.7. The van der Waals surface area contributed by atoms with Crippen molar-refractivity contribution in [1.29, 1.82) is 0 Å². The van der Waals surface area contributed by atoms with Gasteiger partial charge in [-0.3, -0.25) is 9.69 Å². The first-order valence-corrected chi connectivity index (χ1v) is 5.59. The van der Waals surface area contributed by atoms with Gasteiger partial charge >= 0.3 is 0 Å². The molecule has 2 unspecified atom stereocenters. The van der Waals surface area contributed by atoms with Gasteiger partial charge in [0.25, 0.3) is 0 Å². The second-order valence-electron chi connectivity index (χ2n) is 4.62. The molecule has 2 atom stereocenters. The lowest BCUT2D eigenvalue weighted by atomic mass is 10.1. The predicted octanol–water partition coefficient (Wildman–Crippen LogP) is 0.426. The molecule has 0 aromatic rings. The van der Waals surface area contributed by atoms with Gasteiger partial charge in [-0.05, 0) is 40.3 Å². The van der Waals surface area contributed by atoms with Gasteiger partial charge in [-0.1, -0.05) is 6.92 Å². The Morgan fingerprint density at radius 3 is 2.27 bits per heavy atom. The lowest BCUT2D eigenvalue weighted by molar-refractivity contribution is -0.126. The number of amides is 1. The molecule has 0 aliphatic carbocycles. The van der Waals surface area contributed by atoms with Crippen LogP contribution in [0.3, 0.4) is 0 Å². The molecule has 0 heterocycles. The van der Waals surface area contributed by atoms with Crippen LogP contribution in [-0.4, -0.2) is 43.0 Å². The van der Waals surface area contributed by atoms with Crippen LogP contribution in [0.15, 0.2) is 0 Å². The largest absolute Gasteiger partial charge is 0.353 e. The number of hydrogen-bond donors (Lipinski definition) is 2. The third kappa shape index (κ3) is 5.74. The number of rotatable bonds is 6. The van der Waals surface area contributed by atoms with E-state index in [9.17, 15) is 4.79 Å². The van der Waals surface area contributed by atoms with E-state index < -0.39 is 0 Å². The van der Waals surface area contributed by atoms with Crippen LogP contribution in [0.4, 0.5) is 0 Å². The summed E-state index contributed by atoms with van der Waals surface area (Å²) >= 11 is 0. The monoisotopic (exact) mass is 215 g/mol. The molecule has 4 nitrogen and oxygen atoms in total. The van der Waals surface area contributed by atoms with Gasteiger partial charge in [0.2, 0.25) is 5.91 Å². The van der Waals surface area contributed by atoms with Gasteiger partial charge in [-0.15, -0.1) is 0 Å². The maximum atomic E-state index is 11.7. The lowest BCUT2D eigenvalue weighted by Gasteiger charge is -2.26. The summed E-state index contributed by atoms with van der Waals surface area (Å²) in [5.41, 5.74) is 5.55. The minimum atomic E-state index is -0.0959. The Balaban J connectivity index is 4.07. The van der Waals surface area contributed by atoms with Crippen LogP contribution in [0.2, 0.25) is 0 Å². The zero-order valence-electron chi connectivity index (χ0n) is 10.6. The molecule has 0 bridgehead atoms. The number of likely N-dealkylation sites (N-methyl/N-ethyl adjacent to an activating group) is 1. The first-order valence-electron chi connectivity index (χ1n) is 5.59. The normalized spacial score (nSPS) is 15.5. The first-order chi connectivity index (χ1) is 6.88. The van der Waals surface area contributed by atoms with Crippen molar-refractivity contribution < 1.29 is 4.79 Å². The van der Waals surface area contributed by atoms with Gasteiger partial charge in [0.1, 0.15) is 0 Å². The molecule has 0 saturated heterocycles. The topological polar surface area (TPSA) is 58.4 Å². The summed E-state index contributed by atoms with van der Waals surface area (Å²) in [5.74, 6) is 0.501. The highest BCUT2D eigenvalue weighted by Gasteiger charge is 2.19. The van der Waals surface area contributed by atoms with Crippen LogP contribution in [0.1, 0.15) is 27.7 Å². The molecule has 15 heavy (non-hydrogen) atoms. The van der Waals surface area contributed by atoms with E-state index in [1.54, 1.807) is 0 Å². The molecule has 3 N–H and O–H groups in total. The summed E-state index contributed by atoms with van der Waals surface area (Å²) in [7, 11) is 1.96. The van der Waals surface area contributed by atoms with Crippen molar-refractivity contribution in [2.75, 3.05) is 20.1 Å². The van der Waals surface area contributed by atoms with Crippen molar-refractivity contribution in [3.8, 4) is 0 Å². The molecule has 0 aliphatic rings. The van der Waals surface area contributed by atoms with E-state index in [0.29, 0.717) is 12.5 Å². The molecular weight excluding hydrogens is 190 g/mol. The number of hydrogen-bond acceptors (Lipinski definition) is 3. The number of nitrogens with one attached hydrogen (secondary N) is 1. The van der Waals surface area contributed by atoms with Gasteiger partial charge < -0.3 is 11.1 Å². The first kappa shape index (κ1) is 14.4. The van der Waals surface area contributed by atoms with E-state index in [4.69, 9.17) is 5.73 Å². The van der Waals surface area contributed by atoms with E-state index in [1.807, 2.05) is 32.7 Å². The van der Waals surface area contributed by atoms with Gasteiger partial charge in [0.05, 0.1) is 6.04 Å². The summed E-state index contributed by atoms with van der Waals surface area (Å²) < 4.78 is 0. The molecule has 90 valence electrons. The summed E-state index contributed by atoms with van der Waals surface area (Å²) in [5, 5.41) is 2.90. The van der Waals surface area contributed by atoms with Gasteiger partial charge in [-0.25, -0.2) is 0 Å². The molecule has 0 radical (unpaired) electrons. The average Bonchev–Trinajstić information content (AvgIpc) is 2.15. The molecule has 0 aliphatic heterocycles. The van der Waals surface area contributed by atoms with Crippen molar-refractivity contribution in [1.82, 2.24) is 10.2 Å². The van der Waals surface area contributed by atoms with E-state index in [0.717, 1.165) is 6.54 Å². The Morgan fingerprint density at radius 1 is 1.33 bits per heavy atom. The second-order valence-corrected chi connectivity index (χ2v) is 4.62. The average molecular weight is 215 g/mol. The molecular formula is C11H25N3O. The summed E-state index contributed by atoms with van der Waals surface area (Å²) in [6.07, 6.45) is 0. The van der Waals surface area contributed by atoms with Crippen LogP contribution >= 0.6 is 0 Å².